The fraction of sp³-hybridized carbons (Fsp3) is 0.176. The third-order valence-electron chi connectivity index (χ3n) is 3.64. The SMILES string of the molecule is Cc1ccc(S(=O)(=O)CCn2nncc2-c2ccccc2)cc1. The highest BCUT2D eigenvalue weighted by molar-refractivity contribution is 7.91. The molecular formula is C17H17N3O2S. The predicted molar refractivity (Wildman–Crippen MR) is 88.7 cm³/mol. The largest absolute Gasteiger partial charge is 0.244 e. The molecule has 5 nitrogen and oxygen atoms in total. The fourth-order valence-corrected chi connectivity index (χ4v) is 3.53. The van der Waals surface area contributed by atoms with E-state index in [1.807, 2.05) is 37.3 Å². The van der Waals surface area contributed by atoms with E-state index < -0.39 is 9.84 Å². The maximum atomic E-state index is 12.4. The van der Waals surface area contributed by atoms with E-state index in [-0.39, 0.29) is 12.3 Å². The van der Waals surface area contributed by atoms with Crippen LogP contribution in [-0.4, -0.2) is 29.2 Å². The molecule has 0 bridgehead atoms. The van der Waals surface area contributed by atoms with Crippen molar-refractivity contribution >= 4 is 9.84 Å². The number of rotatable bonds is 5. The van der Waals surface area contributed by atoms with Gasteiger partial charge >= 0.3 is 0 Å². The van der Waals surface area contributed by atoms with Crippen molar-refractivity contribution in [2.45, 2.75) is 18.4 Å². The molecule has 0 aliphatic heterocycles. The highest BCUT2D eigenvalue weighted by atomic mass is 32.2. The first kappa shape index (κ1) is 15.4. The van der Waals surface area contributed by atoms with Crippen molar-refractivity contribution < 1.29 is 8.42 Å². The van der Waals surface area contributed by atoms with Gasteiger partial charge in [0.25, 0.3) is 0 Å². The van der Waals surface area contributed by atoms with Gasteiger partial charge in [-0.15, -0.1) is 5.10 Å². The van der Waals surface area contributed by atoms with Crippen LogP contribution in [0.3, 0.4) is 0 Å². The Balaban J connectivity index is 1.79. The van der Waals surface area contributed by atoms with Crippen LogP contribution >= 0.6 is 0 Å². The molecule has 2 aromatic carbocycles. The van der Waals surface area contributed by atoms with Gasteiger partial charge in [0.2, 0.25) is 0 Å². The van der Waals surface area contributed by atoms with Crippen LogP contribution in [0.25, 0.3) is 11.3 Å². The van der Waals surface area contributed by atoms with Crippen molar-refractivity contribution in [3.63, 3.8) is 0 Å². The molecule has 3 rings (SSSR count). The average Bonchev–Trinajstić information content (AvgIpc) is 3.03. The Labute approximate surface area is 135 Å². The van der Waals surface area contributed by atoms with Gasteiger partial charge in [0.1, 0.15) is 0 Å². The van der Waals surface area contributed by atoms with Crippen molar-refractivity contribution in [2.75, 3.05) is 5.75 Å². The maximum absolute atomic E-state index is 12.4. The van der Waals surface area contributed by atoms with E-state index in [1.54, 1.807) is 35.1 Å². The molecule has 0 amide bonds. The summed E-state index contributed by atoms with van der Waals surface area (Å²) in [5.41, 5.74) is 2.81. The topological polar surface area (TPSA) is 64.8 Å². The van der Waals surface area contributed by atoms with Gasteiger partial charge in [-0.05, 0) is 19.1 Å². The molecule has 0 N–H and O–H groups in total. The lowest BCUT2D eigenvalue weighted by atomic mass is 10.2. The Hall–Kier alpha value is -2.47. The molecule has 0 fully saturated rings. The lowest BCUT2D eigenvalue weighted by molar-refractivity contribution is 0.576. The summed E-state index contributed by atoms with van der Waals surface area (Å²) in [6.07, 6.45) is 1.65. The van der Waals surface area contributed by atoms with Crippen LogP contribution in [0.1, 0.15) is 5.56 Å². The number of hydrogen-bond donors (Lipinski definition) is 0. The minimum atomic E-state index is -3.34. The van der Waals surface area contributed by atoms with Crippen LogP contribution in [0.4, 0.5) is 0 Å². The Morgan fingerprint density at radius 1 is 1.00 bits per heavy atom. The van der Waals surface area contributed by atoms with Crippen LogP contribution < -0.4 is 0 Å². The molecule has 0 saturated heterocycles. The molecule has 3 aromatic rings. The van der Waals surface area contributed by atoms with Gasteiger partial charge in [0.05, 0.1) is 29.1 Å². The van der Waals surface area contributed by atoms with E-state index in [0.717, 1.165) is 16.8 Å². The summed E-state index contributed by atoms with van der Waals surface area (Å²) in [5.74, 6) is -0.0146. The van der Waals surface area contributed by atoms with Gasteiger partial charge in [0.15, 0.2) is 9.84 Å². The molecule has 0 aliphatic rings. The predicted octanol–water partition coefficient (Wildman–Crippen LogP) is 2.73. The molecule has 0 unspecified atom stereocenters. The summed E-state index contributed by atoms with van der Waals surface area (Å²) < 4.78 is 26.5. The third-order valence-corrected chi connectivity index (χ3v) is 5.35. The minimum Gasteiger partial charge on any atom is -0.244 e. The Bertz CT molecular complexity index is 885. The number of hydrogen-bond acceptors (Lipinski definition) is 4. The number of benzene rings is 2. The van der Waals surface area contributed by atoms with Gasteiger partial charge in [-0.1, -0.05) is 53.2 Å². The molecule has 0 aliphatic carbocycles. The smallest absolute Gasteiger partial charge is 0.180 e. The minimum absolute atomic E-state index is 0.0146. The molecule has 118 valence electrons. The fourth-order valence-electron chi connectivity index (χ4n) is 2.33. The third kappa shape index (κ3) is 3.48. The molecular weight excluding hydrogens is 310 g/mol. The van der Waals surface area contributed by atoms with Gasteiger partial charge in [-0.25, -0.2) is 13.1 Å². The van der Waals surface area contributed by atoms with Crippen LogP contribution in [-0.2, 0) is 16.4 Å². The van der Waals surface area contributed by atoms with Crippen LogP contribution in [0.5, 0.6) is 0 Å². The molecule has 6 heteroatoms. The first-order valence-corrected chi connectivity index (χ1v) is 8.95. The van der Waals surface area contributed by atoms with E-state index in [4.69, 9.17) is 0 Å². The van der Waals surface area contributed by atoms with Crippen molar-refractivity contribution in [3.8, 4) is 11.3 Å². The number of nitrogens with zero attached hydrogens (tertiary/aromatic N) is 3. The quantitative estimate of drug-likeness (QED) is 0.723. The van der Waals surface area contributed by atoms with E-state index in [9.17, 15) is 8.42 Å². The van der Waals surface area contributed by atoms with Crippen LogP contribution in [0.15, 0.2) is 65.7 Å². The highest BCUT2D eigenvalue weighted by Gasteiger charge is 2.16. The van der Waals surface area contributed by atoms with Crippen molar-refractivity contribution in [1.82, 2.24) is 15.0 Å². The molecule has 0 spiro atoms. The van der Waals surface area contributed by atoms with Gasteiger partial charge in [-0.3, -0.25) is 0 Å². The van der Waals surface area contributed by atoms with Gasteiger partial charge in [-0.2, -0.15) is 0 Å². The first-order chi connectivity index (χ1) is 11.1. The monoisotopic (exact) mass is 327 g/mol. The highest BCUT2D eigenvalue weighted by Crippen LogP contribution is 2.18. The summed E-state index contributed by atoms with van der Waals surface area (Å²) >= 11 is 0. The number of sulfone groups is 1. The molecule has 23 heavy (non-hydrogen) atoms. The second-order valence-electron chi connectivity index (χ2n) is 5.34. The lowest BCUT2D eigenvalue weighted by Crippen LogP contribution is -2.15. The molecule has 0 atom stereocenters. The standard InChI is InChI=1S/C17H17N3O2S/c1-14-7-9-16(10-8-14)23(21,22)12-11-20-17(13-18-19-20)15-5-3-2-4-6-15/h2-10,13H,11-12H2,1H3. The van der Waals surface area contributed by atoms with Crippen LogP contribution in [0, 0.1) is 6.92 Å². The summed E-state index contributed by atoms with van der Waals surface area (Å²) in [6.45, 7) is 2.19. The summed E-state index contributed by atoms with van der Waals surface area (Å²) in [4.78, 5) is 0.337. The Morgan fingerprint density at radius 3 is 2.39 bits per heavy atom. The Kier molecular flexibility index (Phi) is 4.25. The lowest BCUT2D eigenvalue weighted by Gasteiger charge is -2.08. The molecule has 0 radical (unpaired) electrons. The van der Waals surface area contributed by atoms with E-state index in [1.165, 1.54) is 0 Å². The summed E-state index contributed by atoms with van der Waals surface area (Å²) in [5, 5.41) is 7.91. The summed E-state index contributed by atoms with van der Waals surface area (Å²) in [6, 6.07) is 16.6. The maximum Gasteiger partial charge on any atom is 0.180 e. The van der Waals surface area contributed by atoms with E-state index in [0.29, 0.717) is 4.90 Å². The summed E-state index contributed by atoms with van der Waals surface area (Å²) in [7, 11) is -3.34. The number of aryl methyl sites for hydroxylation is 2. The van der Waals surface area contributed by atoms with Gasteiger partial charge < -0.3 is 0 Å². The second kappa shape index (κ2) is 6.34. The van der Waals surface area contributed by atoms with Crippen molar-refractivity contribution in [2.24, 2.45) is 0 Å². The first-order valence-electron chi connectivity index (χ1n) is 7.29. The van der Waals surface area contributed by atoms with E-state index in [2.05, 4.69) is 10.3 Å². The molecule has 1 heterocycles. The Morgan fingerprint density at radius 2 is 1.70 bits per heavy atom. The zero-order chi connectivity index (χ0) is 16.3. The van der Waals surface area contributed by atoms with Gasteiger partial charge in [0, 0.05) is 5.56 Å². The van der Waals surface area contributed by atoms with Crippen LogP contribution in [0.2, 0.25) is 0 Å². The molecule has 1 aromatic heterocycles. The average molecular weight is 327 g/mol. The van der Waals surface area contributed by atoms with Crippen molar-refractivity contribution in [1.29, 1.82) is 0 Å². The zero-order valence-corrected chi connectivity index (χ0v) is 13.6. The normalized spacial score (nSPS) is 11.5. The number of aromatic nitrogens is 3. The van der Waals surface area contributed by atoms with E-state index >= 15 is 0 Å². The van der Waals surface area contributed by atoms with Crippen molar-refractivity contribution in [3.05, 3.63) is 66.4 Å². The second-order valence-corrected chi connectivity index (χ2v) is 7.45. The molecule has 0 saturated carbocycles. The zero-order valence-electron chi connectivity index (χ0n) is 12.8.